The van der Waals surface area contributed by atoms with Crippen molar-refractivity contribution in [1.29, 1.82) is 0 Å². The second kappa shape index (κ2) is 8.83. The first kappa shape index (κ1) is 21.4. The van der Waals surface area contributed by atoms with Crippen molar-refractivity contribution < 1.29 is 23.2 Å². The maximum absolute atomic E-state index is 13.2. The van der Waals surface area contributed by atoms with Crippen molar-refractivity contribution >= 4 is 17.5 Å². The second-order valence-corrected chi connectivity index (χ2v) is 6.42. The van der Waals surface area contributed by atoms with Gasteiger partial charge in [0.05, 0.1) is 17.6 Å². The van der Waals surface area contributed by atoms with Crippen molar-refractivity contribution in [3.63, 3.8) is 0 Å². The van der Waals surface area contributed by atoms with Crippen LogP contribution in [0.4, 0.5) is 30.6 Å². The lowest BCUT2D eigenvalue weighted by atomic mass is 10.1. The van der Waals surface area contributed by atoms with E-state index < -0.39 is 22.8 Å². The van der Waals surface area contributed by atoms with Gasteiger partial charge in [0, 0.05) is 24.7 Å². The Morgan fingerprint density at radius 1 is 1.25 bits per heavy atom. The number of benzene rings is 1. The molecule has 0 bridgehead atoms. The van der Waals surface area contributed by atoms with Gasteiger partial charge < -0.3 is 15.7 Å². The molecule has 0 radical (unpaired) electrons. The van der Waals surface area contributed by atoms with Crippen LogP contribution in [0.25, 0.3) is 0 Å². The quantitative estimate of drug-likeness (QED) is 0.460. The fourth-order valence-electron chi connectivity index (χ4n) is 2.31. The smallest absolute Gasteiger partial charge is 0.394 e. The lowest BCUT2D eigenvalue weighted by Gasteiger charge is -2.21. The molecule has 2 rings (SSSR count). The van der Waals surface area contributed by atoms with Crippen LogP contribution in [-0.2, 0) is 12.7 Å². The minimum absolute atomic E-state index is 0.0308. The summed E-state index contributed by atoms with van der Waals surface area (Å²) in [4.78, 5) is 17.8. The van der Waals surface area contributed by atoms with E-state index in [9.17, 15) is 28.4 Å². The third kappa shape index (κ3) is 5.78. The normalized spacial score (nSPS) is 12.7. The molecule has 8 nitrogen and oxygen atoms in total. The summed E-state index contributed by atoms with van der Waals surface area (Å²) in [6.45, 7) is 3.32. The van der Waals surface area contributed by atoms with Crippen LogP contribution < -0.4 is 10.6 Å². The van der Waals surface area contributed by atoms with Crippen molar-refractivity contribution in [3.8, 4) is 0 Å². The van der Waals surface area contributed by atoms with Crippen LogP contribution in [0.2, 0.25) is 0 Å². The van der Waals surface area contributed by atoms with Gasteiger partial charge in [-0.25, -0.2) is 4.98 Å². The first-order chi connectivity index (χ1) is 13.1. The van der Waals surface area contributed by atoms with Gasteiger partial charge in [0.2, 0.25) is 5.95 Å². The molecule has 0 aliphatic carbocycles. The second-order valence-electron chi connectivity index (χ2n) is 6.42. The standard InChI is InChI=1S/C17H20F3N5O3/c1-10(2)13(9-26)22-16-23-14(17(18,19)20)7-15(24-16)21-8-11-4-3-5-12(6-11)25(27)28/h3-7,10,13,26H,8-9H2,1-2H3,(H2,21,22,23,24)/t13-/m1/s1. The van der Waals surface area contributed by atoms with Gasteiger partial charge in [-0.05, 0) is 11.5 Å². The fraction of sp³-hybridized carbons (Fsp3) is 0.412. The zero-order valence-corrected chi connectivity index (χ0v) is 15.2. The molecule has 11 heteroatoms. The lowest BCUT2D eigenvalue weighted by molar-refractivity contribution is -0.384. The number of aromatic nitrogens is 2. The Bertz CT molecular complexity index is 830. The third-order valence-electron chi connectivity index (χ3n) is 3.93. The number of aliphatic hydroxyl groups excluding tert-OH is 1. The van der Waals surface area contributed by atoms with E-state index in [1.807, 2.05) is 0 Å². The van der Waals surface area contributed by atoms with Crippen LogP contribution in [0.5, 0.6) is 0 Å². The SMILES string of the molecule is CC(C)[C@@H](CO)Nc1nc(NCc2cccc([N+](=O)[O-])c2)cc(C(F)(F)F)n1. The number of nitrogens with zero attached hydrogens (tertiary/aromatic N) is 3. The first-order valence-electron chi connectivity index (χ1n) is 8.41. The molecule has 0 fully saturated rings. The van der Waals surface area contributed by atoms with E-state index in [0.29, 0.717) is 5.56 Å². The molecule has 1 heterocycles. The largest absolute Gasteiger partial charge is 0.433 e. The van der Waals surface area contributed by atoms with Crippen LogP contribution in [0, 0.1) is 16.0 Å². The van der Waals surface area contributed by atoms with Gasteiger partial charge in [-0.3, -0.25) is 10.1 Å². The molecule has 0 aliphatic heterocycles. The number of halogens is 3. The van der Waals surface area contributed by atoms with Crippen molar-refractivity contribution in [2.75, 3.05) is 17.2 Å². The van der Waals surface area contributed by atoms with E-state index in [-0.39, 0.29) is 36.5 Å². The minimum Gasteiger partial charge on any atom is -0.394 e. The molecule has 152 valence electrons. The number of nitro groups is 1. The molecule has 0 amide bonds. The summed E-state index contributed by atoms with van der Waals surface area (Å²) >= 11 is 0. The highest BCUT2D eigenvalue weighted by Crippen LogP contribution is 2.30. The molecule has 0 aliphatic rings. The summed E-state index contributed by atoms with van der Waals surface area (Å²) in [5.74, 6) is -0.440. The number of hydrogen-bond acceptors (Lipinski definition) is 7. The molecule has 3 N–H and O–H groups in total. The number of hydrogen-bond donors (Lipinski definition) is 3. The number of rotatable bonds is 8. The van der Waals surface area contributed by atoms with Crippen LogP contribution in [0.3, 0.4) is 0 Å². The van der Waals surface area contributed by atoms with E-state index in [0.717, 1.165) is 6.07 Å². The fourth-order valence-corrected chi connectivity index (χ4v) is 2.31. The lowest BCUT2D eigenvalue weighted by Crippen LogP contribution is -2.30. The van der Waals surface area contributed by atoms with E-state index in [2.05, 4.69) is 20.6 Å². The maximum atomic E-state index is 13.2. The molecular formula is C17H20F3N5O3. The summed E-state index contributed by atoms with van der Waals surface area (Å²) in [6.07, 6.45) is -4.69. The van der Waals surface area contributed by atoms with Gasteiger partial charge in [-0.2, -0.15) is 18.2 Å². The van der Waals surface area contributed by atoms with E-state index in [1.165, 1.54) is 18.2 Å². The van der Waals surface area contributed by atoms with Gasteiger partial charge in [0.15, 0.2) is 5.69 Å². The zero-order valence-electron chi connectivity index (χ0n) is 15.2. The van der Waals surface area contributed by atoms with Crippen molar-refractivity contribution in [2.45, 2.75) is 32.6 Å². The Labute approximate surface area is 159 Å². The van der Waals surface area contributed by atoms with Crippen LogP contribution in [0.1, 0.15) is 25.1 Å². The molecule has 1 aromatic heterocycles. The third-order valence-corrected chi connectivity index (χ3v) is 3.93. The highest BCUT2D eigenvalue weighted by molar-refractivity contribution is 5.45. The van der Waals surface area contributed by atoms with Gasteiger partial charge >= 0.3 is 6.18 Å². The molecule has 1 atom stereocenters. The van der Waals surface area contributed by atoms with Crippen molar-refractivity contribution in [1.82, 2.24) is 9.97 Å². The summed E-state index contributed by atoms with van der Waals surface area (Å²) < 4.78 is 39.5. The number of aliphatic hydroxyl groups is 1. The Kier molecular flexibility index (Phi) is 6.73. The molecule has 0 saturated heterocycles. The molecule has 0 saturated carbocycles. The van der Waals surface area contributed by atoms with Gasteiger partial charge in [-0.15, -0.1) is 0 Å². The van der Waals surface area contributed by atoms with E-state index in [1.54, 1.807) is 19.9 Å². The van der Waals surface area contributed by atoms with Crippen molar-refractivity contribution in [2.24, 2.45) is 5.92 Å². The summed E-state index contributed by atoms with van der Waals surface area (Å²) in [7, 11) is 0. The Balaban J connectivity index is 2.26. The molecule has 0 unspecified atom stereocenters. The van der Waals surface area contributed by atoms with Crippen LogP contribution in [0.15, 0.2) is 30.3 Å². The average Bonchev–Trinajstić information content (AvgIpc) is 2.63. The predicted octanol–water partition coefficient (Wildman–Crippen LogP) is 3.44. The Morgan fingerprint density at radius 2 is 1.96 bits per heavy atom. The molecular weight excluding hydrogens is 379 g/mol. The molecule has 28 heavy (non-hydrogen) atoms. The van der Waals surface area contributed by atoms with Gasteiger partial charge in [0.25, 0.3) is 5.69 Å². The van der Waals surface area contributed by atoms with E-state index >= 15 is 0 Å². The highest BCUT2D eigenvalue weighted by Gasteiger charge is 2.34. The number of nitrogens with one attached hydrogen (secondary N) is 2. The first-order valence-corrected chi connectivity index (χ1v) is 8.41. The Hall–Kier alpha value is -2.95. The van der Waals surface area contributed by atoms with Gasteiger partial charge in [-0.1, -0.05) is 26.0 Å². The van der Waals surface area contributed by atoms with Crippen LogP contribution in [-0.4, -0.2) is 32.6 Å². The Morgan fingerprint density at radius 3 is 2.54 bits per heavy atom. The molecule has 1 aromatic carbocycles. The zero-order chi connectivity index (χ0) is 20.9. The summed E-state index contributed by atoms with van der Waals surface area (Å²) in [5, 5.41) is 25.6. The topological polar surface area (TPSA) is 113 Å². The summed E-state index contributed by atoms with van der Waals surface area (Å²) in [6, 6.07) is 5.96. The average molecular weight is 399 g/mol. The number of nitro benzene ring substituents is 1. The highest BCUT2D eigenvalue weighted by atomic mass is 19.4. The minimum atomic E-state index is -4.69. The predicted molar refractivity (Wildman–Crippen MR) is 96.8 cm³/mol. The van der Waals surface area contributed by atoms with Crippen LogP contribution >= 0.6 is 0 Å². The molecule has 0 spiro atoms. The molecule has 2 aromatic rings. The van der Waals surface area contributed by atoms with Gasteiger partial charge in [0.1, 0.15) is 5.82 Å². The number of alkyl halides is 3. The monoisotopic (exact) mass is 399 g/mol. The summed E-state index contributed by atoms with van der Waals surface area (Å²) in [5.41, 5.74) is -0.763. The maximum Gasteiger partial charge on any atom is 0.433 e. The number of non-ortho nitro benzene ring substituents is 1. The van der Waals surface area contributed by atoms with E-state index in [4.69, 9.17) is 0 Å². The van der Waals surface area contributed by atoms with Crippen molar-refractivity contribution in [3.05, 3.63) is 51.7 Å². The number of anilines is 2.